The van der Waals surface area contributed by atoms with E-state index in [0.29, 0.717) is 6.54 Å². The van der Waals surface area contributed by atoms with Crippen molar-refractivity contribution in [3.05, 3.63) is 34.3 Å². The summed E-state index contributed by atoms with van der Waals surface area (Å²) in [6, 6.07) is 7.81. The lowest BCUT2D eigenvalue weighted by Gasteiger charge is -2.12. The number of rotatable bonds is 4. The average Bonchev–Trinajstić information content (AvgIpc) is 3.07. The minimum absolute atomic E-state index is 0.0324. The molecule has 0 atom stereocenters. The smallest absolute Gasteiger partial charge is 0.228 e. The molecule has 0 aromatic heterocycles. The van der Waals surface area contributed by atoms with Crippen molar-refractivity contribution in [2.45, 2.75) is 19.4 Å². The summed E-state index contributed by atoms with van der Waals surface area (Å²) in [5.74, 6) is -0.0324. The minimum atomic E-state index is -0.480. The maximum absolute atomic E-state index is 11.7. The van der Waals surface area contributed by atoms with Crippen LogP contribution in [0.2, 0.25) is 0 Å². The Morgan fingerprint density at radius 3 is 2.81 bits per heavy atom. The molecule has 0 bridgehead atoms. The van der Waals surface area contributed by atoms with Crippen LogP contribution in [0.5, 0.6) is 0 Å². The van der Waals surface area contributed by atoms with Gasteiger partial charge in [0.15, 0.2) is 0 Å². The van der Waals surface area contributed by atoms with Crippen LogP contribution in [0.15, 0.2) is 28.7 Å². The number of halogens is 1. The highest BCUT2D eigenvalue weighted by molar-refractivity contribution is 9.10. The van der Waals surface area contributed by atoms with E-state index in [0.717, 1.165) is 22.9 Å². The molecule has 16 heavy (non-hydrogen) atoms. The predicted octanol–water partition coefficient (Wildman–Crippen LogP) is 1.84. The number of hydrogen-bond acceptors (Lipinski definition) is 2. The van der Waals surface area contributed by atoms with Gasteiger partial charge in [-0.1, -0.05) is 28.1 Å². The highest BCUT2D eigenvalue weighted by Crippen LogP contribution is 2.45. The zero-order valence-corrected chi connectivity index (χ0v) is 10.5. The Hall–Kier alpha value is -0.870. The van der Waals surface area contributed by atoms with Gasteiger partial charge in [0.25, 0.3) is 0 Å². The summed E-state index contributed by atoms with van der Waals surface area (Å²) in [7, 11) is 0. The first kappa shape index (κ1) is 11.6. The largest absolute Gasteiger partial charge is 0.395 e. The third-order valence-electron chi connectivity index (χ3n) is 2.98. The van der Waals surface area contributed by atoms with Crippen LogP contribution in [0.25, 0.3) is 0 Å². The van der Waals surface area contributed by atoms with E-state index in [4.69, 9.17) is 5.11 Å². The van der Waals surface area contributed by atoms with Crippen LogP contribution in [-0.4, -0.2) is 17.6 Å². The van der Waals surface area contributed by atoms with Crippen LogP contribution in [-0.2, 0) is 11.3 Å². The van der Waals surface area contributed by atoms with E-state index in [2.05, 4.69) is 21.2 Å². The van der Waals surface area contributed by atoms with Crippen LogP contribution in [0.4, 0.5) is 0 Å². The highest BCUT2D eigenvalue weighted by atomic mass is 79.9. The molecule has 1 aromatic rings. The van der Waals surface area contributed by atoms with Crippen molar-refractivity contribution >= 4 is 21.8 Å². The molecular formula is C12H14BrNO2. The van der Waals surface area contributed by atoms with E-state index in [1.54, 1.807) is 0 Å². The van der Waals surface area contributed by atoms with Gasteiger partial charge in [-0.05, 0) is 30.5 Å². The summed E-state index contributed by atoms with van der Waals surface area (Å²) in [6.45, 7) is 0.470. The Labute approximate surface area is 103 Å². The standard InChI is InChI=1S/C12H14BrNO2/c13-10-3-1-2-9(6-10)7-14-11(16)12(8-15)4-5-12/h1-3,6,15H,4-5,7-8H2,(H,14,16). The van der Waals surface area contributed by atoms with Gasteiger partial charge in [-0.2, -0.15) is 0 Å². The molecule has 1 aliphatic rings. The SMILES string of the molecule is O=C(NCc1cccc(Br)c1)C1(CO)CC1. The van der Waals surface area contributed by atoms with Gasteiger partial charge in [-0.25, -0.2) is 0 Å². The maximum atomic E-state index is 11.7. The molecule has 3 nitrogen and oxygen atoms in total. The molecule has 0 radical (unpaired) electrons. The predicted molar refractivity (Wildman–Crippen MR) is 64.7 cm³/mol. The van der Waals surface area contributed by atoms with E-state index >= 15 is 0 Å². The molecule has 2 N–H and O–H groups in total. The lowest BCUT2D eigenvalue weighted by atomic mass is 10.1. The van der Waals surface area contributed by atoms with Gasteiger partial charge in [0.1, 0.15) is 0 Å². The lowest BCUT2D eigenvalue weighted by molar-refractivity contribution is -0.127. The first-order valence-electron chi connectivity index (χ1n) is 5.30. The Morgan fingerprint density at radius 1 is 1.50 bits per heavy atom. The van der Waals surface area contributed by atoms with Crippen molar-refractivity contribution < 1.29 is 9.90 Å². The molecule has 0 aliphatic heterocycles. The van der Waals surface area contributed by atoms with Crippen LogP contribution < -0.4 is 5.32 Å². The normalized spacial score (nSPS) is 16.9. The van der Waals surface area contributed by atoms with Crippen LogP contribution >= 0.6 is 15.9 Å². The molecule has 0 unspecified atom stereocenters. The van der Waals surface area contributed by atoms with Crippen LogP contribution in [0.1, 0.15) is 18.4 Å². The maximum Gasteiger partial charge on any atom is 0.228 e. The van der Waals surface area contributed by atoms with Gasteiger partial charge in [0, 0.05) is 11.0 Å². The van der Waals surface area contributed by atoms with Crippen molar-refractivity contribution in [1.29, 1.82) is 0 Å². The molecule has 4 heteroatoms. The summed E-state index contributed by atoms with van der Waals surface area (Å²) in [5, 5.41) is 12.0. The number of aliphatic hydroxyl groups is 1. The Morgan fingerprint density at radius 2 is 2.25 bits per heavy atom. The molecule has 1 fully saturated rings. The minimum Gasteiger partial charge on any atom is -0.395 e. The number of aliphatic hydroxyl groups excluding tert-OH is 1. The van der Waals surface area contributed by atoms with E-state index in [1.165, 1.54) is 0 Å². The monoisotopic (exact) mass is 283 g/mol. The summed E-state index contributed by atoms with van der Waals surface area (Å²) in [6.07, 6.45) is 1.60. The number of amides is 1. The fourth-order valence-corrected chi connectivity index (χ4v) is 2.07. The van der Waals surface area contributed by atoms with E-state index in [1.807, 2.05) is 24.3 Å². The number of benzene rings is 1. The van der Waals surface area contributed by atoms with Gasteiger partial charge >= 0.3 is 0 Å². The zero-order chi connectivity index (χ0) is 11.6. The molecule has 0 saturated heterocycles. The van der Waals surface area contributed by atoms with Gasteiger partial charge in [-0.15, -0.1) is 0 Å². The second-order valence-electron chi connectivity index (χ2n) is 4.25. The van der Waals surface area contributed by atoms with Crippen molar-refractivity contribution in [3.63, 3.8) is 0 Å². The molecule has 1 aliphatic carbocycles. The Balaban J connectivity index is 1.90. The molecular weight excluding hydrogens is 270 g/mol. The fourth-order valence-electron chi connectivity index (χ4n) is 1.62. The van der Waals surface area contributed by atoms with Crippen LogP contribution in [0.3, 0.4) is 0 Å². The van der Waals surface area contributed by atoms with Crippen molar-refractivity contribution in [3.8, 4) is 0 Å². The molecule has 0 spiro atoms. The summed E-state index contributed by atoms with van der Waals surface area (Å²) in [4.78, 5) is 11.7. The van der Waals surface area contributed by atoms with Crippen molar-refractivity contribution in [1.82, 2.24) is 5.32 Å². The lowest BCUT2D eigenvalue weighted by Crippen LogP contribution is -2.33. The molecule has 1 aromatic carbocycles. The average molecular weight is 284 g/mol. The topological polar surface area (TPSA) is 49.3 Å². The second kappa shape index (κ2) is 4.55. The summed E-state index contributed by atoms with van der Waals surface area (Å²) >= 11 is 3.38. The van der Waals surface area contributed by atoms with Gasteiger partial charge < -0.3 is 10.4 Å². The first-order chi connectivity index (χ1) is 7.66. The molecule has 1 amide bonds. The summed E-state index contributed by atoms with van der Waals surface area (Å²) in [5.41, 5.74) is 0.572. The quantitative estimate of drug-likeness (QED) is 0.886. The van der Waals surface area contributed by atoms with Crippen LogP contribution in [0, 0.1) is 5.41 Å². The Bertz CT molecular complexity index is 402. The molecule has 0 heterocycles. The van der Waals surface area contributed by atoms with E-state index < -0.39 is 5.41 Å². The number of carbonyl (C=O) groups excluding carboxylic acids is 1. The van der Waals surface area contributed by atoms with E-state index in [9.17, 15) is 4.79 Å². The third-order valence-corrected chi connectivity index (χ3v) is 3.47. The molecule has 86 valence electrons. The second-order valence-corrected chi connectivity index (χ2v) is 5.17. The van der Waals surface area contributed by atoms with E-state index in [-0.39, 0.29) is 12.5 Å². The fraction of sp³-hybridized carbons (Fsp3) is 0.417. The van der Waals surface area contributed by atoms with Gasteiger partial charge in [0.2, 0.25) is 5.91 Å². The zero-order valence-electron chi connectivity index (χ0n) is 8.87. The summed E-state index contributed by atoms with van der Waals surface area (Å²) < 4.78 is 1.00. The number of nitrogens with one attached hydrogen (secondary N) is 1. The molecule has 2 rings (SSSR count). The third kappa shape index (κ3) is 2.44. The Kier molecular flexibility index (Phi) is 3.30. The van der Waals surface area contributed by atoms with Gasteiger partial charge in [-0.3, -0.25) is 4.79 Å². The van der Waals surface area contributed by atoms with Crippen molar-refractivity contribution in [2.75, 3.05) is 6.61 Å². The number of carbonyl (C=O) groups is 1. The van der Waals surface area contributed by atoms with Gasteiger partial charge in [0.05, 0.1) is 12.0 Å². The highest BCUT2D eigenvalue weighted by Gasteiger charge is 2.49. The molecule has 1 saturated carbocycles. The van der Waals surface area contributed by atoms with Crippen molar-refractivity contribution in [2.24, 2.45) is 5.41 Å². The first-order valence-corrected chi connectivity index (χ1v) is 6.09. The number of hydrogen-bond donors (Lipinski definition) is 2.